The molecule has 0 aliphatic rings. The SMILES string of the molecule is Cc1cc(NC(=O)c2ccc(Br)cc2Cl)n[nH]1. The normalized spacial score (nSPS) is 10.3. The molecule has 1 aromatic heterocycles. The second kappa shape index (κ2) is 4.89. The highest BCUT2D eigenvalue weighted by molar-refractivity contribution is 9.10. The summed E-state index contributed by atoms with van der Waals surface area (Å²) in [7, 11) is 0. The van der Waals surface area contributed by atoms with Gasteiger partial charge in [-0.25, -0.2) is 0 Å². The van der Waals surface area contributed by atoms with Crippen LogP contribution in [0.1, 0.15) is 16.1 Å². The molecule has 88 valence electrons. The second-order valence-electron chi connectivity index (χ2n) is 3.51. The van der Waals surface area contributed by atoms with Crippen molar-refractivity contribution < 1.29 is 4.79 Å². The van der Waals surface area contributed by atoms with Gasteiger partial charge in [0.05, 0.1) is 10.6 Å². The fraction of sp³-hybridized carbons (Fsp3) is 0.0909. The van der Waals surface area contributed by atoms with Crippen LogP contribution in [0.2, 0.25) is 5.02 Å². The van der Waals surface area contributed by atoms with E-state index < -0.39 is 0 Å². The fourth-order valence-corrected chi connectivity index (χ4v) is 2.10. The van der Waals surface area contributed by atoms with Crippen LogP contribution < -0.4 is 5.32 Å². The van der Waals surface area contributed by atoms with E-state index in [-0.39, 0.29) is 5.91 Å². The van der Waals surface area contributed by atoms with Crippen molar-refractivity contribution in [3.63, 3.8) is 0 Å². The Morgan fingerprint density at radius 1 is 1.47 bits per heavy atom. The molecule has 1 heterocycles. The van der Waals surface area contributed by atoms with Gasteiger partial charge in [-0.15, -0.1) is 0 Å². The summed E-state index contributed by atoms with van der Waals surface area (Å²) in [6, 6.07) is 6.83. The molecule has 0 saturated carbocycles. The number of rotatable bonds is 2. The lowest BCUT2D eigenvalue weighted by Crippen LogP contribution is -2.12. The van der Waals surface area contributed by atoms with Crippen LogP contribution in [-0.4, -0.2) is 16.1 Å². The van der Waals surface area contributed by atoms with Crippen LogP contribution in [-0.2, 0) is 0 Å². The number of carbonyl (C=O) groups excluding carboxylic acids is 1. The van der Waals surface area contributed by atoms with Crippen LogP contribution in [0.5, 0.6) is 0 Å². The molecule has 0 bridgehead atoms. The molecule has 0 aliphatic heterocycles. The van der Waals surface area contributed by atoms with Crippen LogP contribution >= 0.6 is 27.5 Å². The number of benzene rings is 1. The Kier molecular flexibility index (Phi) is 3.49. The summed E-state index contributed by atoms with van der Waals surface area (Å²) in [6.07, 6.45) is 0. The minimum absolute atomic E-state index is 0.283. The first-order valence-electron chi connectivity index (χ1n) is 4.84. The Morgan fingerprint density at radius 3 is 2.82 bits per heavy atom. The summed E-state index contributed by atoms with van der Waals surface area (Å²) < 4.78 is 0.828. The minimum Gasteiger partial charge on any atom is -0.305 e. The first-order chi connectivity index (χ1) is 8.06. The van der Waals surface area contributed by atoms with Crippen molar-refractivity contribution in [2.45, 2.75) is 6.92 Å². The van der Waals surface area contributed by atoms with Gasteiger partial charge in [-0.3, -0.25) is 9.89 Å². The molecular formula is C11H9BrClN3O. The van der Waals surface area contributed by atoms with Gasteiger partial charge in [0, 0.05) is 16.2 Å². The van der Waals surface area contributed by atoms with Crippen LogP contribution in [0.25, 0.3) is 0 Å². The quantitative estimate of drug-likeness (QED) is 0.892. The maximum Gasteiger partial charge on any atom is 0.258 e. The highest BCUT2D eigenvalue weighted by Crippen LogP contribution is 2.22. The monoisotopic (exact) mass is 313 g/mol. The number of aromatic amines is 1. The van der Waals surface area contributed by atoms with E-state index in [1.165, 1.54) is 0 Å². The fourth-order valence-electron chi connectivity index (χ4n) is 1.34. The number of nitrogens with zero attached hydrogens (tertiary/aromatic N) is 1. The smallest absolute Gasteiger partial charge is 0.258 e. The molecule has 4 nitrogen and oxygen atoms in total. The summed E-state index contributed by atoms with van der Waals surface area (Å²) in [5, 5.41) is 9.71. The average Bonchev–Trinajstić information content (AvgIpc) is 2.63. The molecule has 1 aromatic carbocycles. The first kappa shape index (κ1) is 12.1. The molecule has 6 heteroatoms. The topological polar surface area (TPSA) is 57.8 Å². The van der Waals surface area contributed by atoms with Crippen molar-refractivity contribution in [2.75, 3.05) is 5.32 Å². The molecule has 2 aromatic rings. The lowest BCUT2D eigenvalue weighted by molar-refractivity contribution is 0.102. The number of aryl methyl sites for hydroxylation is 1. The van der Waals surface area contributed by atoms with Crippen LogP contribution in [0.15, 0.2) is 28.7 Å². The van der Waals surface area contributed by atoms with E-state index in [9.17, 15) is 4.79 Å². The highest BCUT2D eigenvalue weighted by atomic mass is 79.9. The van der Waals surface area contributed by atoms with E-state index in [1.807, 2.05) is 6.92 Å². The summed E-state index contributed by atoms with van der Waals surface area (Å²) in [5.74, 6) is 0.195. The zero-order chi connectivity index (χ0) is 12.4. The third-order valence-electron chi connectivity index (χ3n) is 2.12. The van der Waals surface area contributed by atoms with Gasteiger partial charge in [-0.2, -0.15) is 5.10 Å². The van der Waals surface area contributed by atoms with E-state index in [4.69, 9.17) is 11.6 Å². The third-order valence-corrected chi connectivity index (χ3v) is 2.93. The third kappa shape index (κ3) is 2.87. The highest BCUT2D eigenvalue weighted by Gasteiger charge is 2.11. The zero-order valence-electron chi connectivity index (χ0n) is 8.92. The van der Waals surface area contributed by atoms with Crippen molar-refractivity contribution in [3.8, 4) is 0 Å². The maximum atomic E-state index is 11.9. The van der Waals surface area contributed by atoms with Gasteiger partial charge in [0.1, 0.15) is 0 Å². The molecule has 0 atom stereocenters. The number of nitrogens with one attached hydrogen (secondary N) is 2. The van der Waals surface area contributed by atoms with Crippen LogP contribution in [0.4, 0.5) is 5.82 Å². The Hall–Kier alpha value is -1.33. The van der Waals surface area contributed by atoms with Crippen molar-refractivity contribution >= 4 is 39.3 Å². The zero-order valence-corrected chi connectivity index (χ0v) is 11.3. The van der Waals surface area contributed by atoms with Gasteiger partial charge in [0.15, 0.2) is 5.82 Å². The lowest BCUT2D eigenvalue weighted by atomic mass is 10.2. The number of hydrogen-bond donors (Lipinski definition) is 2. The van der Waals surface area contributed by atoms with E-state index in [0.717, 1.165) is 10.2 Å². The number of halogens is 2. The second-order valence-corrected chi connectivity index (χ2v) is 4.84. The Bertz CT molecular complexity index is 568. The molecule has 0 aliphatic carbocycles. The molecule has 0 saturated heterocycles. The summed E-state index contributed by atoms with van der Waals surface area (Å²) in [4.78, 5) is 11.9. The molecule has 0 unspecified atom stereocenters. The van der Waals surface area contributed by atoms with E-state index in [1.54, 1.807) is 24.3 Å². The minimum atomic E-state index is -0.283. The number of aromatic nitrogens is 2. The average molecular weight is 315 g/mol. The van der Waals surface area contributed by atoms with Gasteiger partial charge >= 0.3 is 0 Å². The summed E-state index contributed by atoms with van der Waals surface area (Å²) in [5.41, 5.74) is 1.29. The molecule has 1 amide bonds. The van der Waals surface area contributed by atoms with Crippen molar-refractivity contribution in [3.05, 3.63) is 45.0 Å². The first-order valence-corrected chi connectivity index (χ1v) is 6.02. The van der Waals surface area contributed by atoms with E-state index >= 15 is 0 Å². The Labute approximate surface area is 111 Å². The molecule has 2 N–H and O–H groups in total. The standard InChI is InChI=1S/C11H9BrClN3O/c1-6-4-10(16-15-6)14-11(17)8-3-2-7(12)5-9(8)13/h2-5H,1H3,(H2,14,15,16,17). The molecule has 0 fully saturated rings. The molecular weight excluding hydrogens is 305 g/mol. The number of anilines is 1. The lowest BCUT2D eigenvalue weighted by Gasteiger charge is -2.04. The van der Waals surface area contributed by atoms with Gasteiger partial charge in [-0.05, 0) is 25.1 Å². The number of amides is 1. The number of H-pyrrole nitrogens is 1. The van der Waals surface area contributed by atoms with Gasteiger partial charge in [0.25, 0.3) is 5.91 Å². The largest absolute Gasteiger partial charge is 0.305 e. The molecule has 0 radical (unpaired) electrons. The number of hydrogen-bond acceptors (Lipinski definition) is 2. The van der Waals surface area contributed by atoms with Crippen LogP contribution in [0, 0.1) is 6.92 Å². The van der Waals surface area contributed by atoms with Crippen molar-refractivity contribution in [2.24, 2.45) is 0 Å². The summed E-state index contributed by atoms with van der Waals surface area (Å²) in [6.45, 7) is 1.86. The van der Waals surface area contributed by atoms with Crippen molar-refractivity contribution in [1.82, 2.24) is 10.2 Å². The van der Waals surface area contributed by atoms with E-state index in [0.29, 0.717) is 16.4 Å². The number of carbonyl (C=O) groups is 1. The molecule has 0 spiro atoms. The Balaban J connectivity index is 2.20. The van der Waals surface area contributed by atoms with E-state index in [2.05, 4.69) is 31.4 Å². The van der Waals surface area contributed by atoms with Gasteiger partial charge in [-0.1, -0.05) is 27.5 Å². The van der Waals surface area contributed by atoms with Gasteiger partial charge in [0.2, 0.25) is 0 Å². The maximum absolute atomic E-state index is 11.9. The van der Waals surface area contributed by atoms with Crippen molar-refractivity contribution in [1.29, 1.82) is 0 Å². The van der Waals surface area contributed by atoms with Crippen LogP contribution in [0.3, 0.4) is 0 Å². The van der Waals surface area contributed by atoms with Gasteiger partial charge < -0.3 is 5.32 Å². The predicted molar refractivity (Wildman–Crippen MR) is 70.4 cm³/mol. The summed E-state index contributed by atoms with van der Waals surface area (Å²) >= 11 is 9.26. The molecule has 2 rings (SSSR count). The Morgan fingerprint density at radius 2 is 2.24 bits per heavy atom. The molecule has 17 heavy (non-hydrogen) atoms. The predicted octanol–water partition coefficient (Wildman–Crippen LogP) is 3.39.